The number of carbonyl (C=O) groups excluding carboxylic acids is 2. The largest absolute Gasteiger partial charge is 0.356 e. The number of likely N-dealkylation sites (tertiary alicyclic amines) is 2. The van der Waals surface area contributed by atoms with E-state index in [0.717, 1.165) is 38.4 Å². The molecule has 0 aliphatic carbocycles. The second-order valence-electron chi connectivity index (χ2n) is 10.1. The van der Waals surface area contributed by atoms with E-state index in [-0.39, 0.29) is 17.7 Å². The van der Waals surface area contributed by atoms with Crippen molar-refractivity contribution in [2.24, 2.45) is 11.8 Å². The van der Waals surface area contributed by atoms with Crippen molar-refractivity contribution in [1.82, 2.24) is 15.1 Å². The highest BCUT2D eigenvalue weighted by atomic mass is 16.2. The number of benzene rings is 2. The number of amides is 2. The average Bonchev–Trinajstić information content (AvgIpc) is 3.23. The maximum atomic E-state index is 12.6. The molecule has 2 fully saturated rings. The van der Waals surface area contributed by atoms with Gasteiger partial charge in [-0.1, -0.05) is 60.2 Å². The summed E-state index contributed by atoms with van der Waals surface area (Å²) in [5, 5.41) is 3.08. The Morgan fingerprint density at radius 2 is 1.71 bits per heavy atom. The van der Waals surface area contributed by atoms with Crippen LogP contribution < -0.4 is 5.32 Å². The zero-order valence-corrected chi connectivity index (χ0v) is 20.5. The van der Waals surface area contributed by atoms with E-state index in [1.165, 1.54) is 36.0 Å². The van der Waals surface area contributed by atoms with E-state index >= 15 is 0 Å². The molecule has 1 unspecified atom stereocenters. The number of rotatable bonds is 10. The normalized spacial score (nSPS) is 19.5. The van der Waals surface area contributed by atoms with Gasteiger partial charge in [-0.3, -0.25) is 9.59 Å². The first-order valence-electron chi connectivity index (χ1n) is 12.9. The molecule has 2 aliphatic heterocycles. The van der Waals surface area contributed by atoms with Crippen LogP contribution in [0.25, 0.3) is 0 Å². The van der Waals surface area contributed by atoms with Gasteiger partial charge < -0.3 is 15.1 Å². The van der Waals surface area contributed by atoms with Gasteiger partial charge in [-0.05, 0) is 75.7 Å². The molecule has 2 amide bonds. The molecule has 34 heavy (non-hydrogen) atoms. The summed E-state index contributed by atoms with van der Waals surface area (Å²) < 4.78 is 0. The number of hydrogen-bond acceptors (Lipinski definition) is 3. The topological polar surface area (TPSA) is 52.7 Å². The number of carbonyl (C=O) groups is 2. The summed E-state index contributed by atoms with van der Waals surface area (Å²) in [5.74, 6) is 0.713. The first-order valence-corrected chi connectivity index (χ1v) is 12.9. The van der Waals surface area contributed by atoms with Gasteiger partial charge in [-0.2, -0.15) is 0 Å². The van der Waals surface area contributed by atoms with Crippen LogP contribution in [0, 0.1) is 18.8 Å². The molecule has 5 nitrogen and oxygen atoms in total. The molecule has 0 radical (unpaired) electrons. The van der Waals surface area contributed by atoms with Crippen LogP contribution in [0.15, 0.2) is 54.6 Å². The zero-order valence-electron chi connectivity index (χ0n) is 20.5. The van der Waals surface area contributed by atoms with Crippen molar-refractivity contribution in [3.8, 4) is 0 Å². The summed E-state index contributed by atoms with van der Waals surface area (Å²) >= 11 is 0. The van der Waals surface area contributed by atoms with Crippen LogP contribution in [0.1, 0.15) is 42.4 Å². The quantitative estimate of drug-likeness (QED) is 0.547. The van der Waals surface area contributed by atoms with Gasteiger partial charge in [0.1, 0.15) is 0 Å². The van der Waals surface area contributed by atoms with Gasteiger partial charge in [-0.25, -0.2) is 0 Å². The van der Waals surface area contributed by atoms with Crippen LogP contribution in [0.5, 0.6) is 0 Å². The minimum atomic E-state index is -0.209. The third-order valence-electron chi connectivity index (χ3n) is 7.40. The van der Waals surface area contributed by atoms with Gasteiger partial charge in [-0.15, -0.1) is 0 Å². The molecule has 1 N–H and O–H groups in total. The Morgan fingerprint density at radius 3 is 2.44 bits per heavy atom. The van der Waals surface area contributed by atoms with Gasteiger partial charge in [0.05, 0.1) is 5.92 Å². The summed E-state index contributed by atoms with van der Waals surface area (Å²) in [6, 6.07) is 19.2. The first-order chi connectivity index (χ1) is 16.6. The minimum absolute atomic E-state index is 0.0350. The maximum Gasteiger partial charge on any atom is 0.225 e. The lowest BCUT2D eigenvalue weighted by molar-refractivity contribution is -0.129. The number of aryl methyl sites for hydroxylation is 1. The molecule has 2 saturated heterocycles. The van der Waals surface area contributed by atoms with Crippen molar-refractivity contribution >= 4 is 11.8 Å². The van der Waals surface area contributed by atoms with Crippen LogP contribution in [0.4, 0.5) is 0 Å². The lowest BCUT2D eigenvalue weighted by Gasteiger charge is -2.32. The van der Waals surface area contributed by atoms with Crippen molar-refractivity contribution in [2.75, 3.05) is 39.3 Å². The second-order valence-corrected chi connectivity index (χ2v) is 10.1. The summed E-state index contributed by atoms with van der Waals surface area (Å²) in [4.78, 5) is 29.4. The van der Waals surface area contributed by atoms with Crippen molar-refractivity contribution in [3.05, 3.63) is 71.3 Å². The zero-order chi connectivity index (χ0) is 23.8. The van der Waals surface area contributed by atoms with Gasteiger partial charge >= 0.3 is 0 Å². The summed E-state index contributed by atoms with van der Waals surface area (Å²) in [5.41, 5.74) is 3.92. The highest BCUT2D eigenvalue weighted by molar-refractivity contribution is 5.89. The summed E-state index contributed by atoms with van der Waals surface area (Å²) in [6.07, 6.45) is 5.84. The molecule has 5 heteroatoms. The number of hydrogen-bond donors (Lipinski definition) is 1. The number of piperidine rings is 1. The van der Waals surface area contributed by atoms with E-state index in [1.807, 2.05) is 4.90 Å². The lowest BCUT2D eigenvalue weighted by Crippen LogP contribution is -2.38. The molecule has 0 aromatic heterocycles. The monoisotopic (exact) mass is 461 g/mol. The predicted molar refractivity (Wildman–Crippen MR) is 137 cm³/mol. The molecule has 0 spiro atoms. The van der Waals surface area contributed by atoms with E-state index < -0.39 is 0 Å². The fourth-order valence-corrected chi connectivity index (χ4v) is 5.20. The Bertz CT molecular complexity index is 920. The smallest absolute Gasteiger partial charge is 0.225 e. The minimum Gasteiger partial charge on any atom is -0.356 e. The molecule has 0 bridgehead atoms. The lowest BCUT2D eigenvalue weighted by atomic mass is 9.90. The van der Waals surface area contributed by atoms with E-state index in [9.17, 15) is 9.59 Å². The van der Waals surface area contributed by atoms with Crippen molar-refractivity contribution in [3.63, 3.8) is 0 Å². The molecule has 182 valence electrons. The van der Waals surface area contributed by atoms with E-state index in [1.54, 1.807) is 0 Å². The molecule has 1 atom stereocenters. The van der Waals surface area contributed by atoms with Crippen LogP contribution in [-0.4, -0.2) is 60.9 Å². The number of nitrogens with zero attached hydrogens (tertiary/aromatic N) is 2. The molecule has 4 rings (SSSR count). The van der Waals surface area contributed by atoms with Crippen molar-refractivity contribution in [2.45, 2.75) is 45.4 Å². The SMILES string of the molecule is Cc1ccc(CCN2CC(C(=O)NCCCN3CCC(Cc4ccccc4)CC3)CC2=O)cc1. The third kappa shape index (κ3) is 7.17. The van der Waals surface area contributed by atoms with Gasteiger partial charge in [0.15, 0.2) is 0 Å². The predicted octanol–water partition coefficient (Wildman–Crippen LogP) is 3.85. The van der Waals surface area contributed by atoms with Crippen LogP contribution >= 0.6 is 0 Å². The Hall–Kier alpha value is -2.66. The summed E-state index contributed by atoms with van der Waals surface area (Å²) in [7, 11) is 0. The fraction of sp³-hybridized carbons (Fsp3) is 0.517. The van der Waals surface area contributed by atoms with Crippen LogP contribution in [0.2, 0.25) is 0 Å². The van der Waals surface area contributed by atoms with E-state index in [4.69, 9.17) is 0 Å². The first kappa shape index (κ1) is 24.5. The van der Waals surface area contributed by atoms with E-state index in [0.29, 0.717) is 26.1 Å². The van der Waals surface area contributed by atoms with Crippen LogP contribution in [-0.2, 0) is 22.4 Å². The molecule has 2 aliphatic rings. The van der Waals surface area contributed by atoms with Crippen molar-refractivity contribution in [1.29, 1.82) is 0 Å². The van der Waals surface area contributed by atoms with Gasteiger partial charge in [0.25, 0.3) is 0 Å². The summed E-state index contributed by atoms with van der Waals surface area (Å²) in [6.45, 7) is 7.34. The van der Waals surface area contributed by atoms with E-state index in [2.05, 4.69) is 71.7 Å². The molecule has 0 saturated carbocycles. The highest BCUT2D eigenvalue weighted by Crippen LogP contribution is 2.22. The Morgan fingerprint density at radius 1 is 0.971 bits per heavy atom. The Labute approximate surface area is 204 Å². The number of nitrogens with one attached hydrogen (secondary N) is 1. The molecule has 2 heterocycles. The average molecular weight is 462 g/mol. The van der Waals surface area contributed by atoms with Crippen molar-refractivity contribution < 1.29 is 9.59 Å². The fourth-order valence-electron chi connectivity index (χ4n) is 5.20. The molecule has 2 aromatic rings. The molecular formula is C29H39N3O2. The second kappa shape index (κ2) is 12.2. The molecule has 2 aromatic carbocycles. The van der Waals surface area contributed by atoms with Crippen LogP contribution in [0.3, 0.4) is 0 Å². The Kier molecular flexibility index (Phi) is 8.75. The van der Waals surface area contributed by atoms with Gasteiger partial charge in [0, 0.05) is 26.1 Å². The molecular weight excluding hydrogens is 422 g/mol. The Balaban J connectivity index is 1.09. The maximum absolute atomic E-state index is 12.6. The standard InChI is InChI=1S/C29H39N3O2/c1-23-8-10-24(11-9-23)14-19-32-22-27(21-28(32)33)29(34)30-15-5-16-31-17-12-26(13-18-31)20-25-6-3-2-4-7-25/h2-4,6-11,26-27H,5,12-22H2,1H3,(H,30,34). The highest BCUT2D eigenvalue weighted by Gasteiger charge is 2.33. The third-order valence-corrected chi connectivity index (χ3v) is 7.40. The van der Waals surface area contributed by atoms with Gasteiger partial charge in [0.2, 0.25) is 11.8 Å².